The normalized spacial score (nSPS) is 13.0. The van der Waals surface area contributed by atoms with Gasteiger partial charge in [-0.1, -0.05) is 226 Å². The molecule has 0 aromatic heterocycles. The third-order valence-electron chi connectivity index (χ3n) is 11.1. The zero-order valence-electron chi connectivity index (χ0n) is 42.7. The predicted molar refractivity (Wildman–Crippen MR) is 283 cm³/mol. The zero-order chi connectivity index (χ0) is 47.9. The maximum atomic E-state index is 12.8. The Bertz CT molecular complexity index is 1370. The molecule has 0 fully saturated rings. The monoisotopic (exact) mass is 915 g/mol. The maximum absolute atomic E-state index is 12.8. The molecule has 0 N–H and O–H groups in total. The van der Waals surface area contributed by atoms with Crippen LogP contribution in [0.4, 0.5) is 0 Å². The molecule has 1 unspecified atom stereocenters. The van der Waals surface area contributed by atoms with Crippen LogP contribution in [0.15, 0.2) is 109 Å². The van der Waals surface area contributed by atoms with Gasteiger partial charge in [-0.05, 0) is 96.3 Å². The highest BCUT2D eigenvalue weighted by Crippen LogP contribution is 2.14. The Hall–Kier alpha value is -3.93. The zero-order valence-corrected chi connectivity index (χ0v) is 42.7. The molecule has 0 radical (unpaired) electrons. The topological polar surface area (TPSA) is 78.9 Å². The number of unbranched alkanes of at least 4 members (excludes halogenated alkanes) is 21. The molecule has 0 rings (SSSR count). The molecule has 66 heavy (non-hydrogen) atoms. The van der Waals surface area contributed by atoms with Crippen molar-refractivity contribution in [2.75, 3.05) is 13.2 Å². The highest BCUT2D eigenvalue weighted by Gasteiger charge is 2.19. The SMILES string of the molecule is CC\C=C/C=C\C=C/C=C\CCCCCCCC(=O)OC(COC(=O)CCCCCCCCC/C=C\C/C=C\CC)COC(=O)CCCCCCCCCCC/C=C\C/C=C\C/C=C\CC. The molecule has 6 nitrogen and oxygen atoms in total. The van der Waals surface area contributed by atoms with Crippen molar-refractivity contribution in [2.45, 2.75) is 239 Å². The molecule has 0 spiro atoms. The summed E-state index contributed by atoms with van der Waals surface area (Å²) in [6, 6.07) is 0. The first kappa shape index (κ1) is 62.1. The van der Waals surface area contributed by atoms with Gasteiger partial charge in [-0.15, -0.1) is 0 Å². The van der Waals surface area contributed by atoms with Crippen molar-refractivity contribution in [3.8, 4) is 0 Å². The molecule has 0 saturated carbocycles. The smallest absolute Gasteiger partial charge is 0.306 e. The first-order valence-corrected chi connectivity index (χ1v) is 26.9. The number of rotatable bonds is 47. The molecule has 0 aliphatic carbocycles. The van der Waals surface area contributed by atoms with Crippen LogP contribution in [-0.2, 0) is 28.6 Å². The summed E-state index contributed by atoms with van der Waals surface area (Å²) in [5.74, 6) is -0.934. The molecule has 0 aliphatic heterocycles. The van der Waals surface area contributed by atoms with Crippen molar-refractivity contribution in [1.82, 2.24) is 0 Å². The maximum Gasteiger partial charge on any atom is 0.306 e. The number of hydrogen-bond acceptors (Lipinski definition) is 6. The van der Waals surface area contributed by atoms with Gasteiger partial charge in [0.15, 0.2) is 6.10 Å². The Morgan fingerprint density at radius 1 is 0.318 bits per heavy atom. The highest BCUT2D eigenvalue weighted by atomic mass is 16.6. The van der Waals surface area contributed by atoms with E-state index in [-0.39, 0.29) is 31.1 Å². The van der Waals surface area contributed by atoms with Crippen LogP contribution >= 0.6 is 0 Å². The lowest BCUT2D eigenvalue weighted by molar-refractivity contribution is -0.167. The van der Waals surface area contributed by atoms with E-state index >= 15 is 0 Å². The molecular weight excluding hydrogens is 817 g/mol. The van der Waals surface area contributed by atoms with Gasteiger partial charge in [-0.2, -0.15) is 0 Å². The molecule has 0 bridgehead atoms. The van der Waals surface area contributed by atoms with Gasteiger partial charge in [0.2, 0.25) is 0 Å². The molecule has 0 saturated heterocycles. The molecule has 374 valence electrons. The molecule has 0 heterocycles. The molecule has 0 aromatic rings. The van der Waals surface area contributed by atoms with E-state index in [0.29, 0.717) is 19.3 Å². The highest BCUT2D eigenvalue weighted by molar-refractivity contribution is 5.71. The van der Waals surface area contributed by atoms with Crippen LogP contribution in [0.1, 0.15) is 233 Å². The van der Waals surface area contributed by atoms with Gasteiger partial charge in [0, 0.05) is 19.3 Å². The summed E-state index contributed by atoms with van der Waals surface area (Å²) in [5, 5.41) is 0. The van der Waals surface area contributed by atoms with E-state index in [1.165, 1.54) is 70.6 Å². The standard InChI is InChI=1S/C60H98O6/c1-4-7-10-13-16-19-22-25-28-29-30-31-33-35-38-41-44-47-50-53-59(62)65-56-57(55-64-58(61)52-49-46-43-40-37-34-27-24-21-18-15-12-9-6-3)66-60(63)54-51-48-45-42-39-36-32-26-23-20-17-14-11-8-5-2/h7-12,14,16-21,23,25-26,28,32,57H,4-6,13,15,22,24,27,29-31,33-56H2,1-3H3/b10-7-,11-8-,12-9-,17-14-,19-16-,21-18-,23-20-,28-25-,32-26-. The minimum Gasteiger partial charge on any atom is -0.462 e. The third-order valence-corrected chi connectivity index (χ3v) is 11.1. The quantitative estimate of drug-likeness (QED) is 0.0199. The average Bonchev–Trinajstić information content (AvgIpc) is 3.31. The Labute approximate surface area is 406 Å². The Kier molecular flexibility index (Phi) is 50.5. The summed E-state index contributed by atoms with van der Waals surface area (Å²) in [4.78, 5) is 38.1. The summed E-state index contributed by atoms with van der Waals surface area (Å²) >= 11 is 0. The fraction of sp³-hybridized carbons (Fsp3) is 0.650. The first-order valence-electron chi connectivity index (χ1n) is 26.9. The average molecular weight is 915 g/mol. The van der Waals surface area contributed by atoms with E-state index in [0.717, 1.165) is 122 Å². The number of carbonyl (C=O) groups excluding carboxylic acids is 3. The van der Waals surface area contributed by atoms with Crippen LogP contribution in [0.5, 0.6) is 0 Å². The van der Waals surface area contributed by atoms with Gasteiger partial charge in [0.05, 0.1) is 0 Å². The van der Waals surface area contributed by atoms with Crippen LogP contribution in [0.25, 0.3) is 0 Å². The lowest BCUT2D eigenvalue weighted by atomic mass is 10.1. The van der Waals surface area contributed by atoms with Gasteiger partial charge in [0.25, 0.3) is 0 Å². The summed E-state index contributed by atoms with van der Waals surface area (Å²) in [6.07, 6.45) is 72.1. The Balaban J connectivity index is 4.43. The summed E-state index contributed by atoms with van der Waals surface area (Å²) < 4.78 is 16.8. The molecule has 6 heteroatoms. The van der Waals surface area contributed by atoms with Crippen LogP contribution in [-0.4, -0.2) is 37.2 Å². The van der Waals surface area contributed by atoms with Crippen molar-refractivity contribution in [1.29, 1.82) is 0 Å². The predicted octanol–water partition coefficient (Wildman–Crippen LogP) is 17.9. The fourth-order valence-corrected chi connectivity index (χ4v) is 7.15. The number of allylic oxidation sites excluding steroid dienone is 18. The van der Waals surface area contributed by atoms with Gasteiger partial charge in [-0.25, -0.2) is 0 Å². The summed E-state index contributed by atoms with van der Waals surface area (Å²) in [5.41, 5.74) is 0. The number of carbonyl (C=O) groups is 3. The summed E-state index contributed by atoms with van der Waals surface area (Å²) in [7, 11) is 0. The van der Waals surface area contributed by atoms with E-state index in [1.807, 2.05) is 18.2 Å². The number of esters is 3. The van der Waals surface area contributed by atoms with Crippen molar-refractivity contribution in [3.63, 3.8) is 0 Å². The third kappa shape index (κ3) is 51.1. The van der Waals surface area contributed by atoms with Crippen molar-refractivity contribution in [3.05, 3.63) is 109 Å². The fourth-order valence-electron chi connectivity index (χ4n) is 7.15. The van der Waals surface area contributed by atoms with Gasteiger partial charge >= 0.3 is 17.9 Å². The van der Waals surface area contributed by atoms with E-state index in [2.05, 4.69) is 112 Å². The minimum atomic E-state index is -0.798. The molecular formula is C60H98O6. The number of hydrogen-bond donors (Lipinski definition) is 0. The Morgan fingerprint density at radius 3 is 1.03 bits per heavy atom. The van der Waals surface area contributed by atoms with Crippen LogP contribution in [0, 0.1) is 0 Å². The lowest BCUT2D eigenvalue weighted by Gasteiger charge is -2.18. The molecule has 0 amide bonds. The minimum absolute atomic E-state index is 0.0950. The largest absolute Gasteiger partial charge is 0.462 e. The van der Waals surface area contributed by atoms with Crippen molar-refractivity contribution >= 4 is 17.9 Å². The Morgan fingerprint density at radius 2 is 0.621 bits per heavy atom. The van der Waals surface area contributed by atoms with E-state index < -0.39 is 6.10 Å². The molecule has 0 aliphatic rings. The molecule has 0 aromatic carbocycles. The second kappa shape index (κ2) is 53.7. The van der Waals surface area contributed by atoms with Crippen molar-refractivity contribution < 1.29 is 28.6 Å². The second-order valence-electron chi connectivity index (χ2n) is 17.4. The summed E-state index contributed by atoms with van der Waals surface area (Å²) in [6.45, 7) is 6.25. The van der Waals surface area contributed by atoms with Gasteiger partial charge in [-0.3, -0.25) is 14.4 Å². The first-order chi connectivity index (χ1) is 32.5. The van der Waals surface area contributed by atoms with Crippen LogP contribution < -0.4 is 0 Å². The van der Waals surface area contributed by atoms with E-state index in [1.54, 1.807) is 0 Å². The van der Waals surface area contributed by atoms with Crippen LogP contribution in [0.2, 0.25) is 0 Å². The van der Waals surface area contributed by atoms with Gasteiger partial charge < -0.3 is 14.2 Å². The van der Waals surface area contributed by atoms with Crippen molar-refractivity contribution in [2.24, 2.45) is 0 Å². The molecule has 1 atom stereocenters. The second-order valence-corrected chi connectivity index (χ2v) is 17.4. The van der Waals surface area contributed by atoms with E-state index in [4.69, 9.17) is 14.2 Å². The van der Waals surface area contributed by atoms with E-state index in [9.17, 15) is 14.4 Å². The lowest BCUT2D eigenvalue weighted by Crippen LogP contribution is -2.30. The van der Waals surface area contributed by atoms with Crippen LogP contribution in [0.3, 0.4) is 0 Å². The number of ether oxygens (including phenoxy) is 3. The van der Waals surface area contributed by atoms with Gasteiger partial charge in [0.1, 0.15) is 13.2 Å².